The first kappa shape index (κ1) is 12.4. The van der Waals surface area contributed by atoms with E-state index in [0.29, 0.717) is 6.04 Å². The van der Waals surface area contributed by atoms with Gasteiger partial charge in [0.2, 0.25) is 5.91 Å². The smallest absolute Gasteiger partial charge is 0.317 e. The van der Waals surface area contributed by atoms with Crippen LogP contribution in [0.4, 0.5) is 0 Å². The Kier molecular flexibility index (Phi) is 3.66. The molecule has 0 aromatic carbocycles. The van der Waals surface area contributed by atoms with Crippen molar-refractivity contribution in [1.82, 2.24) is 10.2 Å². The first-order chi connectivity index (χ1) is 8.10. The van der Waals surface area contributed by atoms with Crippen LogP contribution in [0.3, 0.4) is 0 Å². The lowest BCUT2D eigenvalue weighted by atomic mass is 9.85. The van der Waals surface area contributed by atoms with E-state index in [1.807, 2.05) is 11.8 Å². The number of hydrogen-bond donors (Lipinski definition) is 2. The maximum atomic E-state index is 11.5. The molecule has 0 spiro atoms. The lowest BCUT2D eigenvalue weighted by Gasteiger charge is -2.42. The van der Waals surface area contributed by atoms with Gasteiger partial charge in [-0.25, -0.2) is 0 Å². The van der Waals surface area contributed by atoms with Crippen molar-refractivity contribution in [3.63, 3.8) is 0 Å². The Balaban J connectivity index is 1.69. The highest BCUT2D eigenvalue weighted by molar-refractivity contribution is 5.81. The third kappa shape index (κ3) is 3.19. The summed E-state index contributed by atoms with van der Waals surface area (Å²) in [4.78, 5) is 24.1. The zero-order valence-electron chi connectivity index (χ0n) is 10.2. The fourth-order valence-corrected chi connectivity index (χ4v) is 2.34. The van der Waals surface area contributed by atoms with Crippen molar-refractivity contribution in [2.24, 2.45) is 5.92 Å². The number of carbonyl (C=O) groups is 2. The van der Waals surface area contributed by atoms with Gasteiger partial charge in [-0.1, -0.05) is 6.92 Å². The number of nitrogens with one attached hydrogen (secondary N) is 1. The van der Waals surface area contributed by atoms with E-state index >= 15 is 0 Å². The number of carboxylic acid groups (broad SMARTS) is 1. The van der Waals surface area contributed by atoms with E-state index in [1.54, 1.807) is 0 Å². The third-order valence-corrected chi connectivity index (χ3v) is 3.67. The summed E-state index contributed by atoms with van der Waals surface area (Å²) in [7, 11) is 0. The summed E-state index contributed by atoms with van der Waals surface area (Å²) in [6, 6.07) is 0.580. The van der Waals surface area contributed by atoms with Gasteiger partial charge in [-0.3, -0.25) is 14.5 Å². The number of aliphatic carboxylic acids is 1. The molecule has 2 aliphatic rings. The molecule has 0 atom stereocenters. The molecule has 0 aliphatic heterocycles. The Labute approximate surface area is 101 Å². The number of amides is 1. The Morgan fingerprint density at radius 2 is 2.00 bits per heavy atom. The third-order valence-electron chi connectivity index (χ3n) is 3.67. The molecule has 1 amide bonds. The van der Waals surface area contributed by atoms with Gasteiger partial charge in [-0.15, -0.1) is 0 Å². The molecule has 5 nitrogen and oxygen atoms in total. The van der Waals surface area contributed by atoms with Crippen LogP contribution in [0.1, 0.15) is 32.6 Å². The van der Waals surface area contributed by atoms with Crippen LogP contribution >= 0.6 is 0 Å². The Hall–Kier alpha value is -1.10. The zero-order chi connectivity index (χ0) is 12.4. The minimum absolute atomic E-state index is 0.102. The van der Waals surface area contributed by atoms with Crippen molar-refractivity contribution in [3.05, 3.63) is 0 Å². The molecular weight excluding hydrogens is 220 g/mol. The molecule has 2 fully saturated rings. The number of likely N-dealkylation sites (N-methyl/N-ethyl adjacent to an activating group) is 1. The predicted molar refractivity (Wildman–Crippen MR) is 62.6 cm³/mol. The molecular formula is C12H20N2O3. The highest BCUT2D eigenvalue weighted by Gasteiger charge is 2.37. The predicted octanol–water partition coefficient (Wildman–Crippen LogP) is 0.450. The van der Waals surface area contributed by atoms with Crippen molar-refractivity contribution in [2.75, 3.05) is 13.1 Å². The highest BCUT2D eigenvalue weighted by atomic mass is 16.4. The van der Waals surface area contributed by atoms with Gasteiger partial charge >= 0.3 is 5.97 Å². The van der Waals surface area contributed by atoms with Crippen molar-refractivity contribution >= 4 is 11.9 Å². The van der Waals surface area contributed by atoms with E-state index < -0.39 is 5.97 Å². The number of carbonyl (C=O) groups excluding carboxylic acids is 1. The average molecular weight is 240 g/mol. The Morgan fingerprint density at radius 3 is 2.47 bits per heavy atom. The molecule has 96 valence electrons. The maximum absolute atomic E-state index is 11.5. The van der Waals surface area contributed by atoms with Gasteiger partial charge in [-0.2, -0.15) is 0 Å². The van der Waals surface area contributed by atoms with Crippen molar-refractivity contribution in [3.8, 4) is 0 Å². The largest absolute Gasteiger partial charge is 0.480 e. The zero-order valence-corrected chi connectivity index (χ0v) is 10.2. The highest BCUT2D eigenvalue weighted by Crippen LogP contribution is 2.31. The Morgan fingerprint density at radius 1 is 1.35 bits per heavy atom. The molecule has 0 bridgehead atoms. The van der Waals surface area contributed by atoms with Crippen LogP contribution in [0.5, 0.6) is 0 Å². The number of rotatable bonds is 6. The molecule has 0 aromatic heterocycles. The molecule has 0 radical (unpaired) electrons. The molecule has 17 heavy (non-hydrogen) atoms. The van der Waals surface area contributed by atoms with Gasteiger partial charge in [-0.05, 0) is 32.2 Å². The molecule has 2 rings (SSSR count). The molecule has 0 aromatic rings. The summed E-state index contributed by atoms with van der Waals surface area (Å²) in [5, 5.41) is 11.8. The van der Waals surface area contributed by atoms with Crippen LogP contribution in [0, 0.1) is 5.92 Å². The average Bonchev–Trinajstić information content (AvgIpc) is 3.02. The molecule has 2 saturated carbocycles. The van der Waals surface area contributed by atoms with E-state index in [-0.39, 0.29) is 24.4 Å². The first-order valence-electron chi connectivity index (χ1n) is 6.36. The minimum atomic E-state index is -0.780. The normalized spacial score (nSPS) is 27.6. The second-order valence-electron chi connectivity index (χ2n) is 5.06. The first-order valence-corrected chi connectivity index (χ1v) is 6.36. The second-order valence-corrected chi connectivity index (χ2v) is 5.06. The van der Waals surface area contributed by atoms with Crippen molar-refractivity contribution in [1.29, 1.82) is 0 Å². The van der Waals surface area contributed by atoms with Gasteiger partial charge in [0, 0.05) is 18.0 Å². The van der Waals surface area contributed by atoms with E-state index in [9.17, 15) is 9.59 Å². The maximum Gasteiger partial charge on any atom is 0.317 e. The molecule has 0 unspecified atom stereocenters. The van der Waals surface area contributed by atoms with E-state index in [1.165, 1.54) is 0 Å². The summed E-state index contributed by atoms with van der Waals surface area (Å²) in [6.45, 7) is 2.82. The van der Waals surface area contributed by atoms with Crippen molar-refractivity contribution < 1.29 is 14.7 Å². The molecule has 5 heteroatoms. The second kappa shape index (κ2) is 5.04. The molecule has 2 N–H and O–H groups in total. The van der Waals surface area contributed by atoms with Gasteiger partial charge in [0.15, 0.2) is 0 Å². The van der Waals surface area contributed by atoms with Crippen LogP contribution in [-0.2, 0) is 9.59 Å². The minimum Gasteiger partial charge on any atom is -0.480 e. The Bertz CT molecular complexity index is 309. The van der Waals surface area contributed by atoms with Gasteiger partial charge in [0.05, 0.1) is 6.54 Å². The summed E-state index contributed by atoms with van der Waals surface area (Å²) in [5.41, 5.74) is 0. The van der Waals surface area contributed by atoms with Crippen LogP contribution in [0.25, 0.3) is 0 Å². The van der Waals surface area contributed by atoms with Gasteiger partial charge in [0.25, 0.3) is 0 Å². The molecule has 2 aliphatic carbocycles. The van der Waals surface area contributed by atoms with Crippen LogP contribution in [0.2, 0.25) is 0 Å². The summed E-state index contributed by atoms with van der Waals surface area (Å²) in [6.07, 6.45) is 3.84. The number of carboxylic acids is 1. The monoisotopic (exact) mass is 240 g/mol. The fraction of sp³-hybridized carbons (Fsp3) is 0.833. The SMILES string of the molecule is CCN(CC(=O)O)C1CC(NC(=O)C2CC2)C1. The lowest BCUT2D eigenvalue weighted by Crippen LogP contribution is -2.55. The van der Waals surface area contributed by atoms with Crippen LogP contribution in [0.15, 0.2) is 0 Å². The summed E-state index contributed by atoms with van der Waals surface area (Å²) in [5.74, 6) is -0.331. The van der Waals surface area contributed by atoms with Crippen molar-refractivity contribution in [2.45, 2.75) is 44.7 Å². The molecule has 0 heterocycles. The van der Waals surface area contributed by atoms with E-state index in [2.05, 4.69) is 5.32 Å². The number of hydrogen-bond acceptors (Lipinski definition) is 3. The van der Waals surface area contributed by atoms with E-state index in [4.69, 9.17) is 5.11 Å². The van der Waals surface area contributed by atoms with Crippen LogP contribution < -0.4 is 5.32 Å². The van der Waals surface area contributed by atoms with E-state index in [0.717, 1.165) is 32.2 Å². The summed E-state index contributed by atoms with van der Waals surface area (Å²) < 4.78 is 0. The summed E-state index contributed by atoms with van der Waals surface area (Å²) >= 11 is 0. The quantitative estimate of drug-likeness (QED) is 0.707. The fourth-order valence-electron chi connectivity index (χ4n) is 2.34. The van der Waals surface area contributed by atoms with Gasteiger partial charge < -0.3 is 10.4 Å². The van der Waals surface area contributed by atoms with Gasteiger partial charge in [0.1, 0.15) is 0 Å². The standard InChI is InChI=1S/C12H20N2O3/c1-2-14(7-11(15)16)10-5-9(6-10)13-12(17)8-3-4-8/h8-10H,2-7H2,1H3,(H,13,17)(H,15,16). The number of nitrogens with zero attached hydrogens (tertiary/aromatic N) is 1. The molecule has 0 saturated heterocycles. The lowest BCUT2D eigenvalue weighted by molar-refractivity contribution is -0.139. The topological polar surface area (TPSA) is 69.6 Å². The van der Waals surface area contributed by atoms with Crippen LogP contribution in [-0.4, -0.2) is 47.1 Å².